The van der Waals surface area contributed by atoms with Crippen molar-refractivity contribution < 1.29 is 18.0 Å². The van der Waals surface area contributed by atoms with Gasteiger partial charge in [-0.1, -0.05) is 13.8 Å². The van der Waals surface area contributed by atoms with Crippen molar-refractivity contribution in [3.8, 4) is 0 Å². The SMILES string of the molecule is CCC(CC)C(=O)N1CCCC1(CN)C(F)(F)F. The van der Waals surface area contributed by atoms with Crippen molar-refractivity contribution in [1.82, 2.24) is 4.90 Å². The van der Waals surface area contributed by atoms with Gasteiger partial charge in [-0.05, 0) is 25.7 Å². The highest BCUT2D eigenvalue weighted by atomic mass is 19.4. The molecule has 0 aliphatic carbocycles. The molecule has 18 heavy (non-hydrogen) atoms. The van der Waals surface area contributed by atoms with Gasteiger partial charge in [0.25, 0.3) is 0 Å². The third kappa shape index (κ3) is 2.35. The molecule has 3 nitrogen and oxygen atoms in total. The van der Waals surface area contributed by atoms with Crippen LogP contribution in [0.3, 0.4) is 0 Å². The lowest BCUT2D eigenvalue weighted by Crippen LogP contribution is -2.62. The molecule has 1 atom stereocenters. The first-order valence-electron chi connectivity index (χ1n) is 6.42. The third-order valence-electron chi connectivity index (χ3n) is 3.95. The zero-order valence-corrected chi connectivity index (χ0v) is 10.9. The molecule has 1 aliphatic rings. The van der Waals surface area contributed by atoms with Gasteiger partial charge in [0, 0.05) is 19.0 Å². The number of amides is 1. The maximum Gasteiger partial charge on any atom is 0.412 e. The molecule has 1 heterocycles. The lowest BCUT2D eigenvalue weighted by atomic mass is 9.93. The first-order valence-corrected chi connectivity index (χ1v) is 6.42. The van der Waals surface area contributed by atoms with E-state index >= 15 is 0 Å². The van der Waals surface area contributed by atoms with Crippen molar-refractivity contribution in [2.75, 3.05) is 13.1 Å². The van der Waals surface area contributed by atoms with Crippen LogP contribution in [0.1, 0.15) is 39.5 Å². The molecule has 1 unspecified atom stereocenters. The van der Waals surface area contributed by atoms with Crippen LogP contribution in [-0.2, 0) is 4.79 Å². The number of hydrogen-bond donors (Lipinski definition) is 1. The van der Waals surface area contributed by atoms with Crippen molar-refractivity contribution in [1.29, 1.82) is 0 Å². The fraction of sp³-hybridized carbons (Fsp3) is 0.917. The first kappa shape index (κ1) is 15.3. The van der Waals surface area contributed by atoms with E-state index in [1.54, 1.807) is 0 Å². The molecular formula is C12H21F3N2O. The summed E-state index contributed by atoms with van der Waals surface area (Å²) in [6.45, 7) is 3.24. The Bertz CT molecular complexity index is 302. The molecule has 0 aromatic heterocycles. The largest absolute Gasteiger partial charge is 0.412 e. The maximum absolute atomic E-state index is 13.2. The van der Waals surface area contributed by atoms with E-state index in [1.807, 2.05) is 13.8 Å². The number of carbonyl (C=O) groups is 1. The molecule has 1 rings (SSSR count). The van der Waals surface area contributed by atoms with Gasteiger partial charge in [-0.15, -0.1) is 0 Å². The highest BCUT2D eigenvalue weighted by Gasteiger charge is 2.61. The van der Waals surface area contributed by atoms with E-state index in [2.05, 4.69) is 0 Å². The van der Waals surface area contributed by atoms with Crippen molar-refractivity contribution in [2.45, 2.75) is 51.2 Å². The molecule has 1 amide bonds. The quantitative estimate of drug-likeness (QED) is 0.848. The average molecular weight is 266 g/mol. The lowest BCUT2D eigenvalue weighted by molar-refractivity contribution is -0.222. The summed E-state index contributed by atoms with van der Waals surface area (Å²) < 4.78 is 39.7. The molecule has 1 saturated heterocycles. The molecule has 6 heteroatoms. The van der Waals surface area contributed by atoms with Crippen molar-refractivity contribution in [3.05, 3.63) is 0 Å². The van der Waals surface area contributed by atoms with Crippen molar-refractivity contribution >= 4 is 5.91 Å². The van der Waals surface area contributed by atoms with E-state index in [9.17, 15) is 18.0 Å². The molecule has 2 N–H and O–H groups in total. The monoisotopic (exact) mass is 266 g/mol. The number of carbonyl (C=O) groups excluding carboxylic acids is 1. The normalized spacial score (nSPS) is 24.9. The van der Waals surface area contributed by atoms with E-state index in [0.29, 0.717) is 19.3 Å². The molecule has 1 fully saturated rings. The van der Waals surface area contributed by atoms with Gasteiger partial charge in [-0.3, -0.25) is 4.79 Å². The van der Waals surface area contributed by atoms with Crippen LogP contribution < -0.4 is 5.73 Å². The summed E-state index contributed by atoms with van der Waals surface area (Å²) in [7, 11) is 0. The Hall–Kier alpha value is -0.780. The van der Waals surface area contributed by atoms with E-state index in [-0.39, 0.29) is 18.9 Å². The highest BCUT2D eigenvalue weighted by Crippen LogP contribution is 2.43. The van der Waals surface area contributed by atoms with Gasteiger partial charge in [0.2, 0.25) is 5.91 Å². The van der Waals surface area contributed by atoms with Crippen LogP contribution in [0.5, 0.6) is 0 Å². The standard InChI is InChI=1S/C12H21F3N2O/c1-3-9(4-2)10(18)17-7-5-6-11(17,8-16)12(13,14)15/h9H,3-8,16H2,1-2H3. The predicted molar refractivity (Wildman–Crippen MR) is 62.9 cm³/mol. The predicted octanol–water partition coefficient (Wildman–Crippen LogP) is 2.30. The first-order chi connectivity index (χ1) is 8.34. The summed E-state index contributed by atoms with van der Waals surface area (Å²) in [5.74, 6) is -0.739. The average Bonchev–Trinajstić information content (AvgIpc) is 2.74. The van der Waals surface area contributed by atoms with Gasteiger partial charge >= 0.3 is 6.18 Å². The summed E-state index contributed by atoms with van der Waals surface area (Å²) in [5, 5.41) is 0. The Balaban J connectivity index is 3.03. The molecule has 0 aromatic rings. The summed E-state index contributed by atoms with van der Waals surface area (Å²) in [6, 6.07) is 0. The van der Waals surface area contributed by atoms with Gasteiger partial charge in [0.1, 0.15) is 0 Å². The number of halogens is 3. The minimum absolute atomic E-state index is 0.0844. The molecule has 0 spiro atoms. The maximum atomic E-state index is 13.2. The number of hydrogen-bond acceptors (Lipinski definition) is 2. The fourth-order valence-electron chi connectivity index (χ4n) is 2.68. The topological polar surface area (TPSA) is 46.3 Å². The van der Waals surface area contributed by atoms with Crippen LogP contribution >= 0.6 is 0 Å². The van der Waals surface area contributed by atoms with Crippen LogP contribution in [0.2, 0.25) is 0 Å². The van der Waals surface area contributed by atoms with Gasteiger partial charge < -0.3 is 10.6 Å². The second-order valence-corrected chi connectivity index (χ2v) is 4.84. The number of nitrogens with zero attached hydrogens (tertiary/aromatic N) is 1. The molecular weight excluding hydrogens is 245 g/mol. The summed E-state index contributed by atoms with van der Waals surface area (Å²) in [4.78, 5) is 13.2. The Morgan fingerprint density at radius 3 is 2.33 bits per heavy atom. The minimum atomic E-state index is -4.46. The van der Waals surface area contributed by atoms with Crippen LogP contribution in [0, 0.1) is 5.92 Å². The van der Waals surface area contributed by atoms with Gasteiger partial charge in [0.05, 0.1) is 0 Å². The van der Waals surface area contributed by atoms with Gasteiger partial charge in [-0.25, -0.2) is 0 Å². The zero-order chi connectivity index (χ0) is 14.0. The fourth-order valence-corrected chi connectivity index (χ4v) is 2.68. The molecule has 0 saturated carbocycles. The smallest absolute Gasteiger partial charge is 0.328 e. The minimum Gasteiger partial charge on any atom is -0.328 e. The summed E-state index contributed by atoms with van der Waals surface area (Å²) >= 11 is 0. The van der Waals surface area contributed by atoms with E-state index in [0.717, 1.165) is 4.90 Å². The number of nitrogens with two attached hydrogens (primary N) is 1. The Labute approximate surface area is 106 Å². The molecule has 106 valence electrons. The number of rotatable bonds is 4. The zero-order valence-electron chi connectivity index (χ0n) is 10.9. The van der Waals surface area contributed by atoms with Crippen molar-refractivity contribution in [3.63, 3.8) is 0 Å². The van der Waals surface area contributed by atoms with Gasteiger partial charge in [0.15, 0.2) is 5.54 Å². The van der Waals surface area contributed by atoms with E-state index in [4.69, 9.17) is 5.73 Å². The van der Waals surface area contributed by atoms with Crippen molar-refractivity contribution in [2.24, 2.45) is 11.7 Å². The summed E-state index contributed by atoms with van der Waals surface area (Å²) in [5.41, 5.74) is 3.21. The molecule has 0 radical (unpaired) electrons. The molecule has 0 aromatic carbocycles. The Morgan fingerprint density at radius 2 is 1.94 bits per heavy atom. The highest BCUT2D eigenvalue weighted by molar-refractivity contribution is 5.80. The molecule has 1 aliphatic heterocycles. The van der Waals surface area contributed by atoms with Crippen LogP contribution in [0.4, 0.5) is 13.2 Å². The molecule has 0 bridgehead atoms. The van der Waals surface area contributed by atoms with Crippen LogP contribution in [-0.4, -0.2) is 35.6 Å². The summed E-state index contributed by atoms with van der Waals surface area (Å²) in [6.07, 6.45) is -3.06. The lowest BCUT2D eigenvalue weighted by Gasteiger charge is -2.40. The van der Waals surface area contributed by atoms with Crippen LogP contribution in [0.25, 0.3) is 0 Å². The second kappa shape index (κ2) is 5.47. The number of alkyl halides is 3. The Morgan fingerprint density at radius 1 is 1.39 bits per heavy atom. The van der Waals surface area contributed by atoms with Gasteiger partial charge in [-0.2, -0.15) is 13.2 Å². The Kier molecular flexibility index (Phi) is 4.64. The third-order valence-corrected chi connectivity index (χ3v) is 3.95. The van der Waals surface area contributed by atoms with E-state index < -0.39 is 24.2 Å². The van der Waals surface area contributed by atoms with E-state index in [1.165, 1.54) is 0 Å². The number of likely N-dealkylation sites (tertiary alicyclic amines) is 1. The second-order valence-electron chi connectivity index (χ2n) is 4.84. The van der Waals surface area contributed by atoms with Crippen LogP contribution in [0.15, 0.2) is 0 Å².